The van der Waals surface area contributed by atoms with Crippen LogP contribution in [0.3, 0.4) is 0 Å². The highest BCUT2D eigenvalue weighted by Crippen LogP contribution is 2.73. The van der Waals surface area contributed by atoms with Gasteiger partial charge in [0.05, 0.1) is 5.92 Å². The van der Waals surface area contributed by atoms with Crippen molar-refractivity contribution < 1.29 is 5.11 Å². The minimum absolute atomic E-state index is 0.106. The van der Waals surface area contributed by atoms with Crippen molar-refractivity contribution in [2.45, 2.75) is 32.9 Å². The van der Waals surface area contributed by atoms with Gasteiger partial charge in [0, 0.05) is 12.1 Å². The van der Waals surface area contributed by atoms with Gasteiger partial charge in [-0.1, -0.05) is 13.8 Å². The normalized spacial score (nSPS) is 47.4. The van der Waals surface area contributed by atoms with Crippen LogP contribution in [0.25, 0.3) is 0 Å². The molecule has 1 aliphatic heterocycles. The monoisotopic (exact) mass is 239 g/mol. The summed E-state index contributed by atoms with van der Waals surface area (Å²) in [5, 5.41) is 16.6. The lowest BCUT2D eigenvalue weighted by Crippen LogP contribution is -2.52. The summed E-state index contributed by atoms with van der Waals surface area (Å²) < 4.78 is 0. The average molecular weight is 239 g/mol. The third kappa shape index (κ3) is 0.942. The minimum atomic E-state index is -0.944. The van der Waals surface area contributed by atoms with Gasteiger partial charge in [0.1, 0.15) is 0 Å². The smallest absolute Gasteiger partial charge is 0.189 e. The SMILES string of the molecule is CC1=NN(C(N)=S)[C@]2(O)C[C@@H]3[C@@H]([C@H]12)C3(C)C. The zero-order chi connectivity index (χ0) is 11.9. The van der Waals surface area contributed by atoms with Gasteiger partial charge < -0.3 is 10.8 Å². The number of nitrogens with two attached hydrogens (primary N) is 1. The Bertz CT molecular complexity index is 419. The van der Waals surface area contributed by atoms with Gasteiger partial charge in [0.2, 0.25) is 0 Å². The molecule has 4 atom stereocenters. The lowest BCUT2D eigenvalue weighted by atomic mass is 9.84. The van der Waals surface area contributed by atoms with Crippen LogP contribution < -0.4 is 5.73 Å². The van der Waals surface area contributed by atoms with E-state index >= 15 is 0 Å². The first-order valence-corrected chi connectivity index (χ1v) is 6.08. The van der Waals surface area contributed by atoms with Crippen molar-refractivity contribution >= 4 is 23.0 Å². The van der Waals surface area contributed by atoms with Crippen LogP contribution in [-0.4, -0.2) is 26.7 Å². The third-order valence-corrected chi connectivity index (χ3v) is 4.97. The lowest BCUT2D eigenvalue weighted by Gasteiger charge is -2.35. The van der Waals surface area contributed by atoms with Crippen molar-refractivity contribution in [2.24, 2.45) is 34.0 Å². The first kappa shape index (κ1) is 10.5. The molecule has 16 heavy (non-hydrogen) atoms. The van der Waals surface area contributed by atoms with E-state index in [0.717, 1.165) is 12.1 Å². The van der Waals surface area contributed by atoms with Gasteiger partial charge in [-0.2, -0.15) is 5.10 Å². The Balaban J connectivity index is 1.99. The van der Waals surface area contributed by atoms with Crippen molar-refractivity contribution in [3.05, 3.63) is 0 Å². The van der Waals surface area contributed by atoms with Gasteiger partial charge in [-0.25, -0.2) is 5.01 Å². The van der Waals surface area contributed by atoms with E-state index in [-0.39, 0.29) is 11.0 Å². The summed E-state index contributed by atoms with van der Waals surface area (Å²) in [5.74, 6) is 1.21. The average Bonchev–Trinajstić information content (AvgIpc) is 2.51. The molecule has 0 aromatic rings. The van der Waals surface area contributed by atoms with Crippen LogP contribution >= 0.6 is 12.2 Å². The molecule has 0 aromatic heterocycles. The van der Waals surface area contributed by atoms with Crippen LogP contribution in [0.5, 0.6) is 0 Å². The number of hydrazone groups is 1. The van der Waals surface area contributed by atoms with Crippen molar-refractivity contribution in [1.82, 2.24) is 5.01 Å². The Kier molecular flexibility index (Phi) is 1.70. The highest BCUT2D eigenvalue weighted by molar-refractivity contribution is 7.80. The number of aliphatic hydroxyl groups is 1. The number of thiocarbonyl (C=S) groups is 1. The largest absolute Gasteiger partial charge is 0.375 e. The number of rotatable bonds is 0. The fourth-order valence-corrected chi connectivity index (χ4v) is 4.13. The Morgan fingerprint density at radius 3 is 2.81 bits per heavy atom. The van der Waals surface area contributed by atoms with Gasteiger partial charge in [-0.15, -0.1) is 0 Å². The predicted octanol–water partition coefficient (Wildman–Crippen LogP) is 0.902. The van der Waals surface area contributed by atoms with E-state index in [1.165, 1.54) is 5.01 Å². The summed E-state index contributed by atoms with van der Waals surface area (Å²) >= 11 is 4.95. The summed E-state index contributed by atoms with van der Waals surface area (Å²) in [4.78, 5) is 0. The molecule has 1 heterocycles. The van der Waals surface area contributed by atoms with Gasteiger partial charge in [-0.3, -0.25) is 0 Å². The summed E-state index contributed by atoms with van der Waals surface area (Å²) in [6.07, 6.45) is 0.730. The van der Waals surface area contributed by atoms with E-state index in [4.69, 9.17) is 18.0 Å². The predicted molar refractivity (Wildman–Crippen MR) is 65.6 cm³/mol. The zero-order valence-electron chi connectivity index (χ0n) is 9.77. The molecule has 3 aliphatic rings. The molecule has 4 nitrogen and oxygen atoms in total. The molecule has 2 aliphatic carbocycles. The molecule has 88 valence electrons. The molecule has 0 amide bonds. The maximum absolute atomic E-state index is 10.7. The molecule has 0 saturated heterocycles. The third-order valence-electron chi connectivity index (χ3n) is 4.80. The van der Waals surface area contributed by atoms with Crippen LogP contribution in [0.2, 0.25) is 0 Å². The highest BCUT2D eigenvalue weighted by atomic mass is 32.1. The van der Waals surface area contributed by atoms with E-state index in [9.17, 15) is 5.11 Å². The van der Waals surface area contributed by atoms with Crippen LogP contribution in [-0.2, 0) is 0 Å². The van der Waals surface area contributed by atoms with E-state index in [2.05, 4.69) is 18.9 Å². The maximum Gasteiger partial charge on any atom is 0.189 e. The lowest BCUT2D eigenvalue weighted by molar-refractivity contribution is -0.0850. The van der Waals surface area contributed by atoms with E-state index in [1.807, 2.05) is 6.92 Å². The molecular weight excluding hydrogens is 222 g/mol. The van der Waals surface area contributed by atoms with Crippen molar-refractivity contribution in [1.29, 1.82) is 0 Å². The molecule has 0 aromatic carbocycles. The first-order chi connectivity index (χ1) is 7.30. The first-order valence-electron chi connectivity index (χ1n) is 5.67. The highest BCUT2D eigenvalue weighted by Gasteiger charge is 2.75. The Morgan fingerprint density at radius 2 is 2.25 bits per heavy atom. The second-order valence-electron chi connectivity index (χ2n) is 5.91. The van der Waals surface area contributed by atoms with Crippen molar-refractivity contribution in [2.75, 3.05) is 0 Å². The summed E-state index contributed by atoms with van der Waals surface area (Å²) in [7, 11) is 0. The second-order valence-corrected chi connectivity index (χ2v) is 6.32. The molecule has 3 rings (SSSR count). The van der Waals surface area contributed by atoms with Crippen LogP contribution in [0.15, 0.2) is 5.10 Å². The summed E-state index contributed by atoms with van der Waals surface area (Å²) in [6, 6.07) is 0. The van der Waals surface area contributed by atoms with E-state index < -0.39 is 5.72 Å². The van der Waals surface area contributed by atoms with E-state index in [0.29, 0.717) is 17.3 Å². The Hall–Kier alpha value is -0.680. The molecule has 0 unspecified atom stereocenters. The van der Waals surface area contributed by atoms with Crippen LogP contribution in [0.4, 0.5) is 0 Å². The summed E-state index contributed by atoms with van der Waals surface area (Å²) in [5.41, 5.74) is 5.97. The molecular formula is C11H17N3OS. The van der Waals surface area contributed by atoms with Crippen LogP contribution in [0.1, 0.15) is 27.2 Å². The minimum Gasteiger partial charge on any atom is -0.375 e. The fourth-order valence-electron chi connectivity index (χ4n) is 3.94. The molecule has 2 fully saturated rings. The van der Waals surface area contributed by atoms with Gasteiger partial charge >= 0.3 is 0 Å². The Morgan fingerprint density at radius 1 is 1.62 bits per heavy atom. The van der Waals surface area contributed by atoms with E-state index in [1.54, 1.807) is 0 Å². The van der Waals surface area contributed by atoms with Gasteiger partial charge in [0.15, 0.2) is 10.8 Å². The van der Waals surface area contributed by atoms with Gasteiger partial charge in [0.25, 0.3) is 0 Å². The number of nitrogens with zero attached hydrogens (tertiary/aromatic N) is 2. The standard InChI is InChI=1S/C11H17N3OS/c1-5-7-8-6(10(8,2)3)4-11(7,15)14(13-5)9(12)16/h6-8,15H,4H2,1-3H3,(H2,12,16)/t6-,7+,8+,11+/m1/s1. The molecule has 2 saturated carbocycles. The van der Waals surface area contributed by atoms with Gasteiger partial charge in [-0.05, 0) is 36.4 Å². The molecule has 5 heteroatoms. The van der Waals surface area contributed by atoms with Crippen molar-refractivity contribution in [3.8, 4) is 0 Å². The van der Waals surface area contributed by atoms with Crippen molar-refractivity contribution in [3.63, 3.8) is 0 Å². The number of hydrogen-bond donors (Lipinski definition) is 2. The molecule has 3 N–H and O–H groups in total. The quantitative estimate of drug-likeness (QED) is 0.617. The zero-order valence-corrected chi connectivity index (χ0v) is 10.6. The van der Waals surface area contributed by atoms with Crippen LogP contribution in [0, 0.1) is 23.2 Å². The second kappa shape index (κ2) is 2.59. The number of hydrogen-bond acceptors (Lipinski definition) is 3. The molecule has 0 radical (unpaired) electrons. The number of fused-ring (bicyclic) bond motifs is 3. The Labute approximate surface area is 100 Å². The topological polar surface area (TPSA) is 61.8 Å². The molecule has 0 bridgehead atoms. The maximum atomic E-state index is 10.7. The fraction of sp³-hybridized carbons (Fsp3) is 0.818. The molecule has 0 spiro atoms. The summed E-state index contributed by atoms with van der Waals surface area (Å²) in [6.45, 7) is 6.49.